The summed E-state index contributed by atoms with van der Waals surface area (Å²) in [5, 5.41) is 5.88. The molecular weight excluding hydrogens is 396 g/mol. The molecule has 2 aliphatic heterocycles. The van der Waals surface area contributed by atoms with E-state index in [9.17, 15) is 14.4 Å². The number of likely N-dealkylation sites (tertiary alicyclic amines) is 1. The van der Waals surface area contributed by atoms with Gasteiger partial charge in [0.25, 0.3) is 11.5 Å². The van der Waals surface area contributed by atoms with Crippen molar-refractivity contribution in [2.45, 2.75) is 57.0 Å². The van der Waals surface area contributed by atoms with E-state index in [1.165, 1.54) is 25.5 Å². The Kier molecular flexibility index (Phi) is 5.29. The summed E-state index contributed by atoms with van der Waals surface area (Å²) in [4.78, 5) is 40.1. The third-order valence-electron chi connectivity index (χ3n) is 6.82. The number of piperidine rings is 1. The van der Waals surface area contributed by atoms with Crippen molar-refractivity contribution in [3.63, 3.8) is 0 Å². The standard InChI is InChI=1S/C23H28N4O4/c28-21(20-7-4-10-31-20)25-18-8-9-19-16-11-15(13-27(19)22(18)29)12-26(14-16)23(30)24-17-5-2-1-3-6-17/h4,7-10,15-17H,1-3,5-6,11-14H2,(H,24,30)(H,25,28)/t15-,16+/m0/s1. The third-order valence-corrected chi connectivity index (χ3v) is 6.82. The molecule has 0 spiro atoms. The van der Waals surface area contributed by atoms with Crippen molar-refractivity contribution in [2.24, 2.45) is 5.92 Å². The van der Waals surface area contributed by atoms with Gasteiger partial charge in [0, 0.05) is 37.3 Å². The second kappa shape index (κ2) is 8.24. The average Bonchev–Trinajstić information content (AvgIpc) is 3.32. The Morgan fingerprint density at radius 2 is 1.87 bits per heavy atom. The van der Waals surface area contributed by atoms with E-state index in [1.54, 1.807) is 22.8 Å². The van der Waals surface area contributed by atoms with Gasteiger partial charge in [0.15, 0.2) is 5.76 Å². The number of rotatable bonds is 3. The molecule has 2 fully saturated rings. The van der Waals surface area contributed by atoms with Crippen LogP contribution in [0.5, 0.6) is 0 Å². The lowest BCUT2D eigenvalue weighted by molar-refractivity contribution is 0.0996. The van der Waals surface area contributed by atoms with Crippen LogP contribution in [0.25, 0.3) is 0 Å². The zero-order chi connectivity index (χ0) is 21.4. The molecule has 164 valence electrons. The Morgan fingerprint density at radius 3 is 2.65 bits per heavy atom. The smallest absolute Gasteiger partial charge is 0.317 e. The Morgan fingerprint density at radius 1 is 1.03 bits per heavy atom. The molecule has 2 aromatic rings. The predicted octanol–water partition coefficient (Wildman–Crippen LogP) is 3.16. The van der Waals surface area contributed by atoms with Gasteiger partial charge in [-0.3, -0.25) is 9.59 Å². The molecule has 4 heterocycles. The second-order valence-corrected chi connectivity index (χ2v) is 9.01. The van der Waals surface area contributed by atoms with Crippen molar-refractivity contribution in [3.8, 4) is 0 Å². The highest BCUT2D eigenvalue weighted by atomic mass is 16.3. The molecule has 0 aromatic carbocycles. The molecule has 3 amide bonds. The van der Waals surface area contributed by atoms with E-state index < -0.39 is 5.91 Å². The van der Waals surface area contributed by atoms with E-state index in [0.29, 0.717) is 25.7 Å². The highest BCUT2D eigenvalue weighted by Crippen LogP contribution is 2.35. The normalized spacial score (nSPS) is 23.2. The summed E-state index contributed by atoms with van der Waals surface area (Å²) in [7, 11) is 0. The van der Waals surface area contributed by atoms with Crippen LogP contribution in [0, 0.1) is 5.92 Å². The molecule has 8 heteroatoms. The Labute approximate surface area is 180 Å². The maximum Gasteiger partial charge on any atom is 0.317 e. The van der Waals surface area contributed by atoms with Crippen LogP contribution in [0.15, 0.2) is 39.7 Å². The lowest BCUT2D eigenvalue weighted by atomic mass is 9.83. The van der Waals surface area contributed by atoms with Crippen molar-refractivity contribution >= 4 is 17.6 Å². The van der Waals surface area contributed by atoms with Gasteiger partial charge in [-0.1, -0.05) is 19.3 Å². The first-order chi connectivity index (χ1) is 15.1. The van der Waals surface area contributed by atoms with Crippen molar-refractivity contribution in [2.75, 3.05) is 18.4 Å². The maximum atomic E-state index is 13.1. The van der Waals surface area contributed by atoms with Gasteiger partial charge in [-0.2, -0.15) is 0 Å². The Hall–Kier alpha value is -3.03. The number of amides is 3. The first-order valence-corrected chi connectivity index (χ1v) is 11.2. The fraction of sp³-hybridized carbons (Fsp3) is 0.522. The summed E-state index contributed by atoms with van der Waals surface area (Å²) < 4.78 is 6.88. The molecule has 0 unspecified atom stereocenters. The van der Waals surface area contributed by atoms with Gasteiger partial charge in [0.2, 0.25) is 0 Å². The van der Waals surface area contributed by atoms with Crippen LogP contribution in [-0.4, -0.2) is 40.5 Å². The molecule has 2 bridgehead atoms. The molecule has 31 heavy (non-hydrogen) atoms. The van der Waals surface area contributed by atoms with Crippen LogP contribution < -0.4 is 16.2 Å². The Bertz CT molecular complexity index is 1020. The van der Waals surface area contributed by atoms with Crippen LogP contribution in [0.4, 0.5) is 10.5 Å². The van der Waals surface area contributed by atoms with E-state index in [1.807, 2.05) is 11.0 Å². The number of pyridine rings is 1. The number of carbonyl (C=O) groups excluding carboxylic acids is 2. The number of furan rings is 1. The van der Waals surface area contributed by atoms with E-state index in [-0.39, 0.29) is 34.9 Å². The van der Waals surface area contributed by atoms with Crippen LogP contribution in [0.3, 0.4) is 0 Å². The quantitative estimate of drug-likeness (QED) is 0.791. The van der Waals surface area contributed by atoms with Crippen LogP contribution in [0.2, 0.25) is 0 Å². The Balaban J connectivity index is 1.30. The molecular formula is C23H28N4O4. The first-order valence-electron chi connectivity index (χ1n) is 11.2. The van der Waals surface area contributed by atoms with Gasteiger partial charge in [0.05, 0.1) is 6.26 Å². The van der Waals surface area contributed by atoms with Gasteiger partial charge in [-0.05, 0) is 49.4 Å². The van der Waals surface area contributed by atoms with E-state index in [2.05, 4.69) is 10.6 Å². The minimum atomic E-state index is -0.441. The zero-order valence-electron chi connectivity index (χ0n) is 17.5. The van der Waals surface area contributed by atoms with E-state index in [0.717, 1.165) is 25.0 Å². The number of aromatic nitrogens is 1. The molecule has 0 radical (unpaired) electrons. The molecule has 2 atom stereocenters. The van der Waals surface area contributed by atoms with Crippen molar-refractivity contribution in [1.82, 2.24) is 14.8 Å². The third kappa shape index (κ3) is 3.98. The van der Waals surface area contributed by atoms with Crippen LogP contribution in [-0.2, 0) is 6.54 Å². The van der Waals surface area contributed by atoms with Gasteiger partial charge in [-0.15, -0.1) is 0 Å². The number of nitrogens with zero attached hydrogens (tertiary/aromatic N) is 2. The summed E-state index contributed by atoms with van der Waals surface area (Å²) in [5.74, 6) is 0.0898. The zero-order valence-corrected chi connectivity index (χ0v) is 17.5. The second-order valence-electron chi connectivity index (χ2n) is 9.01. The minimum absolute atomic E-state index is 0.0275. The van der Waals surface area contributed by atoms with Crippen molar-refractivity contribution in [1.29, 1.82) is 0 Å². The molecule has 2 aromatic heterocycles. The highest BCUT2D eigenvalue weighted by molar-refractivity contribution is 6.02. The van der Waals surface area contributed by atoms with Gasteiger partial charge in [-0.25, -0.2) is 4.79 Å². The maximum absolute atomic E-state index is 13.1. The molecule has 2 N–H and O–H groups in total. The molecule has 5 rings (SSSR count). The van der Waals surface area contributed by atoms with E-state index >= 15 is 0 Å². The van der Waals surface area contributed by atoms with Crippen molar-refractivity contribution in [3.05, 3.63) is 52.3 Å². The number of nitrogens with one attached hydrogen (secondary N) is 2. The summed E-state index contributed by atoms with van der Waals surface area (Å²) in [6.45, 7) is 1.83. The molecule has 1 aliphatic carbocycles. The number of urea groups is 1. The molecule has 1 saturated heterocycles. The summed E-state index contributed by atoms with van der Waals surface area (Å²) in [6.07, 6.45) is 8.16. The average molecular weight is 425 g/mol. The fourth-order valence-corrected chi connectivity index (χ4v) is 5.31. The fourth-order valence-electron chi connectivity index (χ4n) is 5.31. The lowest BCUT2D eigenvalue weighted by Gasteiger charge is -2.43. The highest BCUT2D eigenvalue weighted by Gasteiger charge is 2.37. The topological polar surface area (TPSA) is 96.6 Å². The number of hydrogen-bond acceptors (Lipinski definition) is 4. The van der Waals surface area contributed by atoms with Gasteiger partial charge >= 0.3 is 6.03 Å². The first kappa shape index (κ1) is 19.9. The lowest BCUT2D eigenvalue weighted by Crippen LogP contribution is -2.53. The monoisotopic (exact) mass is 424 g/mol. The van der Waals surface area contributed by atoms with Gasteiger partial charge in [0.1, 0.15) is 5.69 Å². The van der Waals surface area contributed by atoms with Crippen LogP contribution >= 0.6 is 0 Å². The summed E-state index contributed by atoms with van der Waals surface area (Å²) >= 11 is 0. The number of hydrogen-bond donors (Lipinski definition) is 2. The van der Waals surface area contributed by atoms with Gasteiger partial charge < -0.3 is 24.5 Å². The van der Waals surface area contributed by atoms with Crippen molar-refractivity contribution < 1.29 is 14.0 Å². The molecule has 3 aliphatic rings. The molecule has 1 saturated carbocycles. The summed E-state index contributed by atoms with van der Waals surface area (Å²) in [6, 6.07) is 7.08. The largest absolute Gasteiger partial charge is 0.459 e. The minimum Gasteiger partial charge on any atom is -0.459 e. The summed E-state index contributed by atoms with van der Waals surface area (Å²) in [5.41, 5.74) is 0.983. The number of fused-ring (bicyclic) bond motifs is 4. The number of anilines is 1. The predicted molar refractivity (Wildman–Crippen MR) is 115 cm³/mol. The van der Waals surface area contributed by atoms with Crippen LogP contribution in [0.1, 0.15) is 60.7 Å². The van der Waals surface area contributed by atoms with E-state index in [4.69, 9.17) is 4.42 Å². The number of carbonyl (C=O) groups is 2. The SMILES string of the molecule is O=C(Nc1ccc2n(c1=O)C[C@H]1C[C@@H]2CN(C(=O)NC2CCCCC2)C1)c1ccco1. The molecule has 8 nitrogen and oxygen atoms in total.